The first-order valence-corrected chi connectivity index (χ1v) is 9.64. The fraction of sp³-hybridized carbons (Fsp3) is 0.714. The highest BCUT2D eigenvalue weighted by molar-refractivity contribution is 7.89. The van der Waals surface area contributed by atoms with Crippen molar-refractivity contribution < 1.29 is 8.42 Å². The van der Waals surface area contributed by atoms with Crippen molar-refractivity contribution in [3.8, 4) is 0 Å². The second-order valence-electron chi connectivity index (χ2n) is 5.50. The molecule has 0 aliphatic carbocycles. The minimum atomic E-state index is -3.37. The van der Waals surface area contributed by atoms with Gasteiger partial charge in [0.05, 0.1) is 4.90 Å². The Kier molecular flexibility index (Phi) is 5.43. The zero-order chi connectivity index (χ0) is 15.6. The normalized spacial score (nSPS) is 21.8. The Morgan fingerprint density at radius 3 is 2.71 bits per heavy atom. The number of thiophene rings is 1. The molecule has 21 heavy (non-hydrogen) atoms. The molecule has 1 aliphatic rings. The Morgan fingerprint density at radius 1 is 1.43 bits per heavy atom. The average Bonchev–Trinajstić information content (AvgIpc) is 2.80. The van der Waals surface area contributed by atoms with E-state index in [0.29, 0.717) is 24.5 Å². The number of aryl methyl sites for hydroxylation is 1. The third kappa shape index (κ3) is 3.48. The average molecular weight is 332 g/mol. The standard InChI is InChI=1S/C14H25N3O2S2/c1-5-16-6-7-17(10-11(16)2)21(18,19)14-8-13(9-15-4)20-12(14)3/h8,11,15H,5-7,9-10H2,1-4H3. The van der Waals surface area contributed by atoms with Gasteiger partial charge in [0.25, 0.3) is 0 Å². The molecule has 1 N–H and O–H groups in total. The Balaban J connectivity index is 2.22. The molecule has 120 valence electrons. The molecule has 0 saturated carbocycles. The van der Waals surface area contributed by atoms with E-state index in [-0.39, 0.29) is 6.04 Å². The lowest BCUT2D eigenvalue weighted by Gasteiger charge is -2.38. The first-order valence-electron chi connectivity index (χ1n) is 7.38. The highest BCUT2D eigenvalue weighted by Crippen LogP contribution is 2.29. The number of sulfonamides is 1. The zero-order valence-electron chi connectivity index (χ0n) is 13.2. The van der Waals surface area contributed by atoms with Crippen LogP contribution in [-0.2, 0) is 16.6 Å². The van der Waals surface area contributed by atoms with E-state index in [2.05, 4.69) is 24.1 Å². The molecular weight excluding hydrogens is 306 g/mol. The van der Waals surface area contributed by atoms with Gasteiger partial charge in [-0.05, 0) is 33.5 Å². The van der Waals surface area contributed by atoms with Crippen LogP contribution in [0.1, 0.15) is 23.6 Å². The van der Waals surface area contributed by atoms with Crippen molar-refractivity contribution in [3.63, 3.8) is 0 Å². The lowest BCUT2D eigenvalue weighted by atomic mass is 10.2. The molecule has 2 heterocycles. The monoisotopic (exact) mass is 331 g/mol. The van der Waals surface area contributed by atoms with Gasteiger partial charge in [0, 0.05) is 42.0 Å². The van der Waals surface area contributed by atoms with Crippen molar-refractivity contribution >= 4 is 21.4 Å². The van der Waals surface area contributed by atoms with Crippen LogP contribution in [0, 0.1) is 6.92 Å². The van der Waals surface area contributed by atoms with Gasteiger partial charge >= 0.3 is 0 Å². The van der Waals surface area contributed by atoms with Gasteiger partial charge < -0.3 is 5.32 Å². The van der Waals surface area contributed by atoms with Gasteiger partial charge in [-0.25, -0.2) is 8.42 Å². The Bertz CT molecular complexity index is 583. The molecule has 0 aromatic carbocycles. The molecule has 1 fully saturated rings. The van der Waals surface area contributed by atoms with Crippen LogP contribution in [0.4, 0.5) is 0 Å². The Morgan fingerprint density at radius 2 is 2.14 bits per heavy atom. The molecule has 1 aliphatic heterocycles. The van der Waals surface area contributed by atoms with Gasteiger partial charge in [0.1, 0.15) is 0 Å². The number of hydrogen-bond acceptors (Lipinski definition) is 5. The van der Waals surface area contributed by atoms with Crippen molar-refractivity contribution in [2.45, 2.75) is 38.3 Å². The summed E-state index contributed by atoms with van der Waals surface area (Å²) in [6.45, 7) is 9.75. The lowest BCUT2D eigenvalue weighted by Crippen LogP contribution is -2.53. The largest absolute Gasteiger partial charge is 0.315 e. The molecule has 0 radical (unpaired) electrons. The lowest BCUT2D eigenvalue weighted by molar-refractivity contribution is 0.135. The zero-order valence-corrected chi connectivity index (χ0v) is 14.9. The van der Waals surface area contributed by atoms with Crippen LogP contribution >= 0.6 is 11.3 Å². The minimum absolute atomic E-state index is 0.272. The first kappa shape index (κ1) is 16.9. The number of likely N-dealkylation sites (N-methyl/N-ethyl adjacent to an activating group) is 1. The maximum Gasteiger partial charge on any atom is 0.244 e. The maximum absolute atomic E-state index is 12.9. The summed E-state index contributed by atoms with van der Waals surface area (Å²) in [6, 6.07) is 2.09. The predicted molar refractivity (Wildman–Crippen MR) is 87.3 cm³/mol. The van der Waals surface area contributed by atoms with Crippen molar-refractivity contribution in [1.82, 2.24) is 14.5 Å². The quantitative estimate of drug-likeness (QED) is 0.888. The topological polar surface area (TPSA) is 52.7 Å². The van der Waals surface area contributed by atoms with Crippen LogP contribution in [0.15, 0.2) is 11.0 Å². The van der Waals surface area contributed by atoms with Crippen molar-refractivity contribution in [2.75, 3.05) is 33.2 Å². The number of hydrogen-bond donors (Lipinski definition) is 1. The third-order valence-corrected chi connectivity index (χ3v) is 7.20. The summed E-state index contributed by atoms with van der Waals surface area (Å²) >= 11 is 1.56. The van der Waals surface area contributed by atoms with E-state index >= 15 is 0 Å². The molecule has 1 aromatic heterocycles. The van der Waals surface area contributed by atoms with Gasteiger partial charge in [-0.2, -0.15) is 4.31 Å². The smallest absolute Gasteiger partial charge is 0.244 e. The summed E-state index contributed by atoms with van der Waals surface area (Å²) in [5.74, 6) is 0. The Hall–Kier alpha value is -0.470. The van der Waals surface area contributed by atoms with Crippen molar-refractivity contribution in [1.29, 1.82) is 0 Å². The van der Waals surface area contributed by atoms with Crippen LogP contribution < -0.4 is 5.32 Å². The maximum atomic E-state index is 12.9. The van der Waals surface area contributed by atoms with Crippen LogP contribution in [0.25, 0.3) is 0 Å². The molecule has 1 unspecified atom stereocenters. The SMILES string of the molecule is CCN1CCN(S(=O)(=O)c2cc(CNC)sc2C)CC1C. The predicted octanol–water partition coefficient (Wildman–Crippen LogP) is 1.49. The molecule has 0 spiro atoms. The van der Waals surface area contributed by atoms with Gasteiger partial charge in [-0.15, -0.1) is 11.3 Å². The number of piperazine rings is 1. The molecule has 0 bridgehead atoms. The van der Waals surface area contributed by atoms with E-state index in [0.717, 1.165) is 22.8 Å². The van der Waals surface area contributed by atoms with Gasteiger partial charge in [-0.1, -0.05) is 6.92 Å². The van der Waals surface area contributed by atoms with Gasteiger partial charge in [0.2, 0.25) is 10.0 Å². The molecule has 1 atom stereocenters. The summed E-state index contributed by atoms with van der Waals surface area (Å²) < 4.78 is 27.4. The highest BCUT2D eigenvalue weighted by atomic mass is 32.2. The summed E-state index contributed by atoms with van der Waals surface area (Å²) in [7, 11) is -1.50. The van der Waals surface area contributed by atoms with Crippen LogP contribution in [-0.4, -0.2) is 56.9 Å². The molecule has 0 amide bonds. The van der Waals surface area contributed by atoms with E-state index in [1.807, 2.05) is 20.0 Å². The fourth-order valence-electron chi connectivity index (χ4n) is 2.83. The minimum Gasteiger partial charge on any atom is -0.315 e. The first-order chi connectivity index (χ1) is 9.90. The third-order valence-electron chi connectivity index (χ3n) is 4.03. The van der Waals surface area contributed by atoms with E-state index in [1.54, 1.807) is 15.6 Å². The number of rotatable bonds is 5. The van der Waals surface area contributed by atoms with Gasteiger partial charge in [-0.3, -0.25) is 4.90 Å². The van der Waals surface area contributed by atoms with Crippen LogP contribution in [0.2, 0.25) is 0 Å². The van der Waals surface area contributed by atoms with E-state index in [1.165, 1.54) is 0 Å². The molecule has 1 aromatic rings. The number of nitrogens with zero attached hydrogens (tertiary/aromatic N) is 2. The van der Waals surface area contributed by atoms with Crippen molar-refractivity contribution in [3.05, 3.63) is 15.8 Å². The van der Waals surface area contributed by atoms with E-state index in [9.17, 15) is 8.42 Å². The summed E-state index contributed by atoms with van der Waals surface area (Å²) in [5, 5.41) is 3.07. The van der Waals surface area contributed by atoms with Crippen LogP contribution in [0.3, 0.4) is 0 Å². The fourth-order valence-corrected chi connectivity index (χ4v) is 5.96. The number of nitrogens with one attached hydrogen (secondary N) is 1. The van der Waals surface area contributed by atoms with E-state index < -0.39 is 10.0 Å². The second kappa shape index (κ2) is 6.75. The molecule has 5 nitrogen and oxygen atoms in total. The highest BCUT2D eigenvalue weighted by Gasteiger charge is 2.33. The molecular formula is C14H25N3O2S2. The molecule has 1 saturated heterocycles. The molecule has 7 heteroatoms. The summed E-state index contributed by atoms with van der Waals surface area (Å²) in [5.41, 5.74) is 0. The van der Waals surface area contributed by atoms with Crippen molar-refractivity contribution in [2.24, 2.45) is 0 Å². The summed E-state index contributed by atoms with van der Waals surface area (Å²) in [4.78, 5) is 4.74. The van der Waals surface area contributed by atoms with Gasteiger partial charge in [0.15, 0.2) is 0 Å². The van der Waals surface area contributed by atoms with Crippen LogP contribution in [0.5, 0.6) is 0 Å². The Labute approximate surface area is 132 Å². The second-order valence-corrected chi connectivity index (χ2v) is 8.75. The van der Waals surface area contributed by atoms with E-state index in [4.69, 9.17) is 0 Å². The summed E-state index contributed by atoms with van der Waals surface area (Å²) in [6.07, 6.45) is 0. The molecule has 2 rings (SSSR count).